The van der Waals surface area contributed by atoms with Crippen molar-refractivity contribution in [3.8, 4) is 5.75 Å². The first-order valence-corrected chi connectivity index (χ1v) is 10.4. The molecular weight excluding hydrogens is 324 g/mol. The van der Waals surface area contributed by atoms with Gasteiger partial charge in [-0.15, -0.1) is 0 Å². The molecule has 2 fully saturated rings. The van der Waals surface area contributed by atoms with Crippen LogP contribution in [0.25, 0.3) is 0 Å². The molecule has 1 heterocycles. The van der Waals surface area contributed by atoms with Crippen molar-refractivity contribution in [2.45, 2.75) is 70.9 Å². The third-order valence-corrected chi connectivity index (χ3v) is 5.67. The number of benzene rings is 1. The lowest BCUT2D eigenvalue weighted by Crippen LogP contribution is -2.44. The molecule has 1 unspecified atom stereocenters. The van der Waals surface area contributed by atoms with E-state index in [-0.39, 0.29) is 11.9 Å². The second-order valence-corrected chi connectivity index (χ2v) is 8.23. The number of nitrogens with zero attached hydrogens (tertiary/aromatic N) is 1. The minimum atomic E-state index is -0.0527. The van der Waals surface area contributed by atoms with Crippen LogP contribution in [0, 0.1) is 5.92 Å². The number of carbonyl (C=O) groups excluding carboxylic acids is 1. The largest absolute Gasteiger partial charge is 0.492 e. The van der Waals surface area contributed by atoms with Gasteiger partial charge in [-0.1, -0.05) is 31.4 Å². The molecule has 1 atom stereocenters. The Hall–Kier alpha value is -1.55. The van der Waals surface area contributed by atoms with Crippen molar-refractivity contribution < 1.29 is 9.53 Å². The summed E-state index contributed by atoms with van der Waals surface area (Å²) >= 11 is 0. The Morgan fingerprint density at radius 3 is 2.69 bits per heavy atom. The third-order valence-electron chi connectivity index (χ3n) is 5.67. The second-order valence-electron chi connectivity index (χ2n) is 8.23. The van der Waals surface area contributed by atoms with Gasteiger partial charge in [-0.2, -0.15) is 0 Å². The van der Waals surface area contributed by atoms with Crippen LogP contribution in [0.3, 0.4) is 0 Å². The summed E-state index contributed by atoms with van der Waals surface area (Å²) in [7, 11) is 0. The predicted molar refractivity (Wildman–Crippen MR) is 106 cm³/mol. The zero-order chi connectivity index (χ0) is 18.4. The van der Waals surface area contributed by atoms with E-state index in [1.807, 2.05) is 38.1 Å². The highest BCUT2D eigenvalue weighted by Crippen LogP contribution is 2.28. The number of rotatable bonds is 6. The van der Waals surface area contributed by atoms with Gasteiger partial charge in [-0.25, -0.2) is 0 Å². The first-order chi connectivity index (χ1) is 12.6. The van der Waals surface area contributed by atoms with Gasteiger partial charge in [0.2, 0.25) is 0 Å². The molecule has 0 aromatic heterocycles. The van der Waals surface area contributed by atoms with Crippen LogP contribution in [0.5, 0.6) is 5.75 Å². The van der Waals surface area contributed by atoms with Crippen molar-refractivity contribution in [2.24, 2.45) is 5.92 Å². The molecule has 1 amide bonds. The Labute approximate surface area is 158 Å². The van der Waals surface area contributed by atoms with Crippen molar-refractivity contribution in [1.82, 2.24) is 10.2 Å². The Bertz CT molecular complexity index is 581. The molecule has 3 rings (SSSR count). The molecule has 1 saturated heterocycles. The van der Waals surface area contributed by atoms with Gasteiger partial charge in [-0.05, 0) is 58.2 Å². The van der Waals surface area contributed by atoms with Crippen molar-refractivity contribution in [2.75, 3.05) is 19.7 Å². The molecule has 4 heteroatoms. The maximum Gasteiger partial charge on any atom is 0.255 e. The summed E-state index contributed by atoms with van der Waals surface area (Å²) in [6.07, 6.45) is 9.41. The number of hydrogen-bond acceptors (Lipinski definition) is 3. The summed E-state index contributed by atoms with van der Waals surface area (Å²) in [6, 6.07) is 8.51. The molecule has 1 aliphatic carbocycles. The highest BCUT2D eigenvalue weighted by molar-refractivity contribution is 5.97. The average molecular weight is 359 g/mol. The zero-order valence-electron chi connectivity index (χ0n) is 16.4. The number of hydrogen-bond donors (Lipinski definition) is 1. The third kappa shape index (κ3) is 5.23. The molecule has 0 bridgehead atoms. The number of ether oxygens (including phenoxy) is 1. The van der Waals surface area contributed by atoms with E-state index < -0.39 is 0 Å². The fourth-order valence-electron chi connectivity index (χ4n) is 4.34. The van der Waals surface area contributed by atoms with Crippen molar-refractivity contribution in [3.63, 3.8) is 0 Å². The molecular formula is C22H34N2O2. The smallest absolute Gasteiger partial charge is 0.255 e. The Morgan fingerprint density at radius 2 is 1.92 bits per heavy atom. The Balaban J connectivity index is 1.56. The number of carbonyl (C=O) groups is 1. The lowest BCUT2D eigenvalue weighted by molar-refractivity contribution is 0.0768. The van der Waals surface area contributed by atoms with Crippen LogP contribution in [0.15, 0.2) is 24.3 Å². The van der Waals surface area contributed by atoms with Gasteiger partial charge >= 0.3 is 0 Å². The number of amides is 1. The van der Waals surface area contributed by atoms with E-state index in [0.717, 1.165) is 12.6 Å². The van der Waals surface area contributed by atoms with Crippen LogP contribution in [-0.2, 0) is 0 Å². The summed E-state index contributed by atoms with van der Waals surface area (Å²) in [6.45, 7) is 7.04. The predicted octanol–water partition coefficient (Wildman–Crippen LogP) is 4.25. The zero-order valence-corrected chi connectivity index (χ0v) is 16.4. The number of nitrogens with one attached hydrogen (secondary N) is 1. The Kier molecular flexibility index (Phi) is 6.95. The minimum Gasteiger partial charge on any atom is -0.492 e. The lowest BCUT2D eigenvalue weighted by atomic mass is 9.90. The van der Waals surface area contributed by atoms with E-state index >= 15 is 0 Å². The summed E-state index contributed by atoms with van der Waals surface area (Å²) in [5.41, 5.74) is 0.640. The standard InChI is InChI=1S/C22H34N2O2/c1-17(2)23-22(25)20-12-6-7-13-21(20)26-16-18-9-8-14-24(15-18)19-10-4-3-5-11-19/h6-7,12-13,17-19H,3-5,8-11,14-16H2,1-2H3,(H,23,25). The van der Waals surface area contributed by atoms with Crippen molar-refractivity contribution >= 4 is 5.91 Å². The van der Waals surface area contributed by atoms with Gasteiger partial charge in [-0.3, -0.25) is 9.69 Å². The maximum absolute atomic E-state index is 12.4. The van der Waals surface area contributed by atoms with Gasteiger partial charge in [0.15, 0.2) is 0 Å². The molecule has 1 aromatic carbocycles. The normalized spacial score (nSPS) is 22.3. The van der Waals surface area contributed by atoms with E-state index in [1.54, 1.807) is 0 Å². The Morgan fingerprint density at radius 1 is 1.15 bits per heavy atom. The van der Waals surface area contributed by atoms with Crippen LogP contribution >= 0.6 is 0 Å². The second kappa shape index (κ2) is 9.40. The SMILES string of the molecule is CC(C)NC(=O)c1ccccc1OCC1CCCN(C2CCCCC2)C1. The van der Waals surface area contributed by atoms with E-state index in [9.17, 15) is 4.79 Å². The summed E-state index contributed by atoms with van der Waals surface area (Å²) in [5, 5.41) is 2.96. The van der Waals surface area contributed by atoms with E-state index in [4.69, 9.17) is 4.74 Å². The van der Waals surface area contributed by atoms with Gasteiger partial charge in [0.25, 0.3) is 5.91 Å². The van der Waals surface area contributed by atoms with Gasteiger partial charge in [0.1, 0.15) is 5.75 Å². The molecule has 1 aliphatic heterocycles. The van der Waals surface area contributed by atoms with Crippen LogP contribution in [0.4, 0.5) is 0 Å². The lowest BCUT2D eigenvalue weighted by Gasteiger charge is -2.40. The average Bonchev–Trinajstić information content (AvgIpc) is 2.67. The van der Waals surface area contributed by atoms with Crippen LogP contribution in [-0.4, -0.2) is 42.6 Å². The topological polar surface area (TPSA) is 41.6 Å². The fourth-order valence-corrected chi connectivity index (χ4v) is 4.34. The summed E-state index contributed by atoms with van der Waals surface area (Å²) in [4.78, 5) is 15.1. The van der Waals surface area contributed by atoms with Crippen LogP contribution in [0.2, 0.25) is 0 Å². The molecule has 1 aromatic rings. The van der Waals surface area contributed by atoms with Crippen molar-refractivity contribution in [1.29, 1.82) is 0 Å². The van der Waals surface area contributed by atoms with Gasteiger partial charge < -0.3 is 10.1 Å². The quantitative estimate of drug-likeness (QED) is 0.827. The van der Waals surface area contributed by atoms with Crippen LogP contribution < -0.4 is 10.1 Å². The van der Waals surface area contributed by atoms with Gasteiger partial charge in [0.05, 0.1) is 12.2 Å². The van der Waals surface area contributed by atoms with E-state index in [1.165, 1.54) is 51.5 Å². The molecule has 2 aliphatic rings. The fraction of sp³-hybridized carbons (Fsp3) is 0.682. The number of likely N-dealkylation sites (tertiary alicyclic amines) is 1. The number of para-hydroxylation sites is 1. The van der Waals surface area contributed by atoms with E-state index in [0.29, 0.717) is 23.8 Å². The molecule has 1 N–H and O–H groups in total. The first-order valence-electron chi connectivity index (χ1n) is 10.4. The first kappa shape index (κ1) is 19.2. The molecule has 26 heavy (non-hydrogen) atoms. The summed E-state index contributed by atoms with van der Waals surface area (Å²) in [5.74, 6) is 1.22. The molecule has 0 spiro atoms. The highest BCUT2D eigenvalue weighted by atomic mass is 16.5. The van der Waals surface area contributed by atoms with E-state index in [2.05, 4.69) is 10.2 Å². The monoisotopic (exact) mass is 358 g/mol. The summed E-state index contributed by atoms with van der Waals surface area (Å²) < 4.78 is 6.13. The van der Waals surface area contributed by atoms with Crippen LogP contribution in [0.1, 0.15) is 69.2 Å². The maximum atomic E-state index is 12.4. The molecule has 4 nitrogen and oxygen atoms in total. The molecule has 0 radical (unpaired) electrons. The highest BCUT2D eigenvalue weighted by Gasteiger charge is 2.27. The van der Waals surface area contributed by atoms with Crippen molar-refractivity contribution in [3.05, 3.63) is 29.8 Å². The molecule has 144 valence electrons. The van der Waals surface area contributed by atoms with Gasteiger partial charge in [0, 0.05) is 24.5 Å². The molecule has 1 saturated carbocycles. The minimum absolute atomic E-state index is 0.0527. The number of piperidine rings is 1.